The van der Waals surface area contributed by atoms with Crippen LogP contribution in [0.25, 0.3) is 10.9 Å². The molecule has 5 N–H and O–H groups in total. The molecule has 2 aromatic rings. The van der Waals surface area contributed by atoms with Gasteiger partial charge in [-0.25, -0.2) is 4.79 Å². The van der Waals surface area contributed by atoms with Crippen molar-refractivity contribution in [1.82, 2.24) is 9.88 Å². The topological polar surface area (TPSA) is 154 Å². The number of rotatable bonds is 4. The number of methoxy groups -OCH3 is 1. The average Bonchev–Trinajstić information content (AvgIpc) is 3.48. The Kier molecular flexibility index (Phi) is 6.05. The van der Waals surface area contributed by atoms with Crippen molar-refractivity contribution in [3.8, 4) is 0 Å². The number of aromatic nitrogens is 1. The smallest absolute Gasteiger partial charge is 0.337 e. The van der Waals surface area contributed by atoms with Crippen molar-refractivity contribution in [2.75, 3.05) is 26.8 Å². The molecule has 3 fully saturated rings. The van der Waals surface area contributed by atoms with E-state index in [4.69, 9.17) is 18.9 Å². The molecular weight excluding hydrogens is 508 g/mol. The third-order valence-corrected chi connectivity index (χ3v) is 9.72. The number of esters is 1. The van der Waals surface area contributed by atoms with Crippen LogP contribution in [0.5, 0.6) is 0 Å². The van der Waals surface area contributed by atoms with Gasteiger partial charge in [0.25, 0.3) is 0 Å². The highest BCUT2D eigenvalue weighted by molar-refractivity contribution is 5.89. The second-order valence-electron chi connectivity index (χ2n) is 11.5. The van der Waals surface area contributed by atoms with E-state index in [0.29, 0.717) is 12.0 Å². The molecule has 4 aliphatic heterocycles. The third kappa shape index (κ3) is 3.65. The van der Waals surface area contributed by atoms with Crippen LogP contribution in [0.4, 0.5) is 0 Å². The summed E-state index contributed by atoms with van der Waals surface area (Å²) in [6, 6.07) is 8.36. The van der Waals surface area contributed by atoms with Gasteiger partial charge in [-0.3, -0.25) is 4.90 Å². The van der Waals surface area contributed by atoms with Gasteiger partial charge < -0.3 is 44.4 Å². The quantitative estimate of drug-likeness (QED) is 0.336. The maximum atomic E-state index is 12.9. The molecule has 5 heterocycles. The van der Waals surface area contributed by atoms with Gasteiger partial charge in [0.2, 0.25) is 6.29 Å². The fourth-order valence-corrected chi connectivity index (χ4v) is 7.95. The number of aliphatic hydroxyl groups excluding tert-OH is 4. The van der Waals surface area contributed by atoms with Crippen molar-refractivity contribution < 1.29 is 44.2 Å². The minimum atomic E-state index is -1.56. The number of aromatic amines is 1. The van der Waals surface area contributed by atoms with Crippen LogP contribution >= 0.6 is 0 Å². The Balaban J connectivity index is 1.25. The molecule has 2 bridgehead atoms. The first-order valence-corrected chi connectivity index (χ1v) is 13.6. The summed E-state index contributed by atoms with van der Waals surface area (Å²) in [6.45, 7) is 1.14. The zero-order chi connectivity index (χ0) is 27.1. The molecule has 5 aliphatic rings. The van der Waals surface area contributed by atoms with E-state index in [1.165, 1.54) is 30.0 Å². The zero-order valence-electron chi connectivity index (χ0n) is 21.6. The lowest BCUT2D eigenvalue weighted by molar-refractivity contribution is -0.344. The number of H-pyrrole nitrogens is 1. The third-order valence-electron chi connectivity index (χ3n) is 9.72. The van der Waals surface area contributed by atoms with Crippen LogP contribution in [0.3, 0.4) is 0 Å². The second kappa shape index (κ2) is 9.27. The molecule has 1 saturated carbocycles. The summed E-state index contributed by atoms with van der Waals surface area (Å²) in [7, 11) is 1.35. The SMILES string of the molecule is COC(=O)C1=CO[C@@H](O[C@@H]2O[C@H](CO)[C@@H](O)[C@@H](O)[C@H]2O)C2C3CN4CCc5c([nH]c6ccccc56)C4(C3)C[C@H]12. The summed E-state index contributed by atoms with van der Waals surface area (Å²) in [6.07, 6.45) is -4.06. The van der Waals surface area contributed by atoms with Gasteiger partial charge in [0.05, 0.1) is 31.1 Å². The van der Waals surface area contributed by atoms with E-state index >= 15 is 0 Å². The van der Waals surface area contributed by atoms with Crippen LogP contribution in [0.15, 0.2) is 36.1 Å². The van der Waals surface area contributed by atoms with Gasteiger partial charge in [0.15, 0.2) is 6.29 Å². The fraction of sp³-hybridized carbons (Fsp3) is 0.607. The van der Waals surface area contributed by atoms with E-state index < -0.39 is 49.6 Å². The Labute approximate surface area is 224 Å². The Hall–Kier alpha value is -2.51. The first-order chi connectivity index (χ1) is 18.9. The summed E-state index contributed by atoms with van der Waals surface area (Å²) in [4.78, 5) is 19.2. The van der Waals surface area contributed by atoms with E-state index in [1.807, 2.05) is 6.07 Å². The van der Waals surface area contributed by atoms with Gasteiger partial charge in [0.1, 0.15) is 24.4 Å². The highest BCUT2D eigenvalue weighted by Crippen LogP contribution is 2.60. The van der Waals surface area contributed by atoms with Crippen LogP contribution in [0.2, 0.25) is 0 Å². The van der Waals surface area contributed by atoms with E-state index in [0.717, 1.165) is 31.4 Å². The van der Waals surface area contributed by atoms with Crippen molar-refractivity contribution in [1.29, 1.82) is 0 Å². The van der Waals surface area contributed by atoms with Crippen LogP contribution in [-0.4, -0.2) is 100 Å². The number of hydrogen-bond donors (Lipinski definition) is 5. The minimum absolute atomic E-state index is 0.101. The van der Waals surface area contributed by atoms with Crippen molar-refractivity contribution in [2.24, 2.45) is 17.8 Å². The molecule has 1 spiro atoms. The van der Waals surface area contributed by atoms with Crippen molar-refractivity contribution in [3.05, 3.63) is 47.4 Å². The number of nitrogens with zero attached hydrogens (tertiary/aromatic N) is 1. The van der Waals surface area contributed by atoms with Gasteiger partial charge >= 0.3 is 5.97 Å². The molecule has 11 nitrogen and oxygen atoms in total. The standard InChI is InChI=1S/C28H34N2O9/c1-36-25(35)17-12-37-26(39-27-23(34)22(33)21(32)19(11-31)38-27)20-13-8-28(9-16(17)20)24-15(6-7-30(28)10-13)14-4-2-3-5-18(14)29-24/h2-5,12-13,16,19-23,26-27,29,31-34H,6-11H2,1H3/t13?,16-,19-,20?,21-,22-,23-,26+,27+,28?/m1/s1. The van der Waals surface area contributed by atoms with E-state index in [9.17, 15) is 25.2 Å². The lowest BCUT2D eigenvalue weighted by Gasteiger charge is -2.50. The maximum absolute atomic E-state index is 12.9. The molecule has 0 radical (unpaired) electrons. The zero-order valence-corrected chi connectivity index (χ0v) is 21.6. The number of ether oxygens (including phenoxy) is 4. The molecule has 3 unspecified atom stereocenters. The van der Waals surface area contributed by atoms with Crippen LogP contribution < -0.4 is 0 Å². The highest BCUT2D eigenvalue weighted by Gasteiger charge is 2.62. The Morgan fingerprint density at radius 1 is 1.15 bits per heavy atom. The number of carbonyl (C=O) groups excluding carboxylic acids is 1. The monoisotopic (exact) mass is 542 g/mol. The lowest BCUT2D eigenvalue weighted by Crippen LogP contribution is -2.60. The number of benzene rings is 1. The first-order valence-electron chi connectivity index (χ1n) is 13.6. The lowest BCUT2D eigenvalue weighted by atomic mass is 9.62. The number of fused-ring (bicyclic) bond motifs is 6. The average molecular weight is 543 g/mol. The Morgan fingerprint density at radius 3 is 2.77 bits per heavy atom. The molecular formula is C28H34N2O9. The van der Waals surface area contributed by atoms with Crippen LogP contribution in [0.1, 0.15) is 24.1 Å². The molecule has 39 heavy (non-hydrogen) atoms. The van der Waals surface area contributed by atoms with Gasteiger partial charge in [-0.15, -0.1) is 0 Å². The van der Waals surface area contributed by atoms with E-state index in [-0.39, 0.29) is 23.3 Å². The molecule has 1 aromatic carbocycles. The van der Waals surface area contributed by atoms with Crippen molar-refractivity contribution in [2.45, 2.75) is 61.8 Å². The number of para-hydroxylation sites is 1. The summed E-state index contributed by atoms with van der Waals surface area (Å²) in [5.41, 5.74) is 3.86. The van der Waals surface area contributed by atoms with Crippen LogP contribution in [0, 0.1) is 17.8 Å². The number of carbonyl (C=O) groups is 1. The molecule has 1 aliphatic carbocycles. The largest absolute Gasteiger partial charge is 0.472 e. The minimum Gasteiger partial charge on any atom is -0.472 e. The normalized spacial score (nSPS) is 41.3. The molecule has 7 rings (SSSR count). The first kappa shape index (κ1) is 25.5. The fourth-order valence-electron chi connectivity index (χ4n) is 7.95. The molecule has 210 valence electrons. The highest BCUT2D eigenvalue weighted by atomic mass is 16.8. The summed E-state index contributed by atoms with van der Waals surface area (Å²) >= 11 is 0. The van der Waals surface area contributed by atoms with Crippen molar-refractivity contribution >= 4 is 16.9 Å². The molecule has 2 saturated heterocycles. The predicted octanol–water partition coefficient (Wildman–Crippen LogP) is 0.107. The Morgan fingerprint density at radius 2 is 1.97 bits per heavy atom. The second-order valence-corrected chi connectivity index (χ2v) is 11.5. The molecule has 0 amide bonds. The molecule has 1 aromatic heterocycles. The predicted molar refractivity (Wildman–Crippen MR) is 135 cm³/mol. The molecule has 11 heteroatoms. The Bertz CT molecular complexity index is 1310. The van der Waals surface area contributed by atoms with Crippen molar-refractivity contribution in [3.63, 3.8) is 0 Å². The van der Waals surface area contributed by atoms with Crippen LogP contribution in [-0.2, 0) is 35.7 Å². The van der Waals surface area contributed by atoms with Gasteiger partial charge in [0, 0.05) is 41.5 Å². The number of aliphatic hydroxyl groups is 4. The van der Waals surface area contributed by atoms with Gasteiger partial charge in [-0.2, -0.15) is 0 Å². The van der Waals surface area contributed by atoms with Gasteiger partial charge in [-0.05, 0) is 36.8 Å². The summed E-state index contributed by atoms with van der Waals surface area (Å²) in [5, 5.41) is 41.9. The maximum Gasteiger partial charge on any atom is 0.337 e. The van der Waals surface area contributed by atoms with E-state index in [1.54, 1.807) is 0 Å². The van der Waals surface area contributed by atoms with Gasteiger partial charge in [-0.1, -0.05) is 18.2 Å². The number of hydrogen-bond acceptors (Lipinski definition) is 10. The summed E-state index contributed by atoms with van der Waals surface area (Å²) in [5.74, 6) is -0.847. The summed E-state index contributed by atoms with van der Waals surface area (Å²) < 4.78 is 22.9. The van der Waals surface area contributed by atoms with E-state index in [2.05, 4.69) is 28.1 Å². The molecule has 10 atom stereocenters. The number of nitrogens with one attached hydrogen (secondary N) is 1.